The number of nitrogens with zero attached hydrogens (tertiary/aromatic N) is 2. The molecule has 11 heteroatoms. The zero-order chi connectivity index (χ0) is 22.7. The predicted octanol–water partition coefficient (Wildman–Crippen LogP) is 4.79. The summed E-state index contributed by atoms with van der Waals surface area (Å²) in [5.41, 5.74) is 0.242. The molecule has 0 spiro atoms. The molecule has 2 aromatic heterocycles. The molecule has 1 aliphatic heterocycles. The summed E-state index contributed by atoms with van der Waals surface area (Å²) in [5, 5.41) is 7.06. The molecule has 2 N–H and O–H groups in total. The maximum atomic E-state index is 13.2. The summed E-state index contributed by atoms with van der Waals surface area (Å²) in [5.74, 6) is -0.850. The highest BCUT2D eigenvalue weighted by Crippen LogP contribution is 2.36. The molecule has 2 amide bonds. The summed E-state index contributed by atoms with van der Waals surface area (Å²) in [6.45, 7) is 1.44. The third-order valence-corrected chi connectivity index (χ3v) is 5.71. The van der Waals surface area contributed by atoms with Gasteiger partial charge in [0.1, 0.15) is 0 Å². The summed E-state index contributed by atoms with van der Waals surface area (Å²) < 4.78 is 44.6. The number of furan rings is 1. The molecular formula is C21H19F3N4O3S. The van der Waals surface area contributed by atoms with Crippen molar-refractivity contribution in [1.29, 1.82) is 0 Å². The van der Waals surface area contributed by atoms with Crippen molar-refractivity contribution in [2.24, 2.45) is 0 Å². The van der Waals surface area contributed by atoms with Crippen LogP contribution in [0, 0.1) is 0 Å². The molecule has 1 aromatic carbocycles. The minimum atomic E-state index is -4.51. The molecule has 32 heavy (non-hydrogen) atoms. The van der Waals surface area contributed by atoms with Gasteiger partial charge in [0.25, 0.3) is 5.91 Å². The molecule has 1 saturated heterocycles. The number of aromatic nitrogens is 1. The zero-order valence-electron chi connectivity index (χ0n) is 16.7. The summed E-state index contributed by atoms with van der Waals surface area (Å²) in [6, 6.07) is 6.47. The minimum absolute atomic E-state index is 0.119. The largest absolute Gasteiger partial charge is 0.459 e. The molecule has 0 saturated carbocycles. The third kappa shape index (κ3) is 5.10. The number of hydrogen-bond acceptors (Lipinski definition) is 6. The van der Waals surface area contributed by atoms with Gasteiger partial charge < -0.3 is 14.6 Å². The van der Waals surface area contributed by atoms with Crippen molar-refractivity contribution in [2.75, 3.05) is 28.6 Å². The number of carbonyl (C=O) groups is 2. The van der Waals surface area contributed by atoms with Crippen molar-refractivity contribution in [3.05, 3.63) is 59.0 Å². The number of amides is 2. The van der Waals surface area contributed by atoms with E-state index in [-0.39, 0.29) is 23.0 Å². The van der Waals surface area contributed by atoms with Crippen LogP contribution in [-0.2, 0) is 17.4 Å². The van der Waals surface area contributed by atoms with Crippen molar-refractivity contribution in [2.45, 2.75) is 25.4 Å². The monoisotopic (exact) mass is 464 g/mol. The molecule has 3 heterocycles. The van der Waals surface area contributed by atoms with Crippen LogP contribution in [0.5, 0.6) is 0 Å². The zero-order valence-corrected chi connectivity index (χ0v) is 17.6. The van der Waals surface area contributed by atoms with Gasteiger partial charge in [-0.1, -0.05) is 0 Å². The van der Waals surface area contributed by atoms with E-state index < -0.39 is 23.6 Å². The molecule has 168 valence electrons. The Morgan fingerprint density at radius 3 is 2.62 bits per heavy atom. The van der Waals surface area contributed by atoms with E-state index in [4.69, 9.17) is 4.42 Å². The van der Waals surface area contributed by atoms with Gasteiger partial charge in [0.15, 0.2) is 10.9 Å². The average molecular weight is 464 g/mol. The van der Waals surface area contributed by atoms with Gasteiger partial charge in [-0.25, -0.2) is 4.98 Å². The Labute approximate surface area is 185 Å². The molecule has 1 aliphatic rings. The van der Waals surface area contributed by atoms with Gasteiger partial charge in [0, 0.05) is 18.5 Å². The van der Waals surface area contributed by atoms with Gasteiger partial charge in [-0.2, -0.15) is 13.2 Å². The van der Waals surface area contributed by atoms with E-state index >= 15 is 0 Å². The lowest BCUT2D eigenvalue weighted by atomic mass is 10.1. The van der Waals surface area contributed by atoms with Crippen molar-refractivity contribution in [1.82, 2.24) is 4.98 Å². The fraction of sp³-hybridized carbons (Fsp3) is 0.286. The highest BCUT2D eigenvalue weighted by molar-refractivity contribution is 7.14. The summed E-state index contributed by atoms with van der Waals surface area (Å²) in [7, 11) is 0. The van der Waals surface area contributed by atoms with Crippen molar-refractivity contribution in [3.8, 4) is 0 Å². The number of hydrogen-bond donors (Lipinski definition) is 2. The normalized spacial score (nSPS) is 13.9. The van der Waals surface area contributed by atoms with Crippen LogP contribution in [-0.4, -0.2) is 29.9 Å². The molecule has 0 bridgehead atoms. The van der Waals surface area contributed by atoms with Crippen molar-refractivity contribution >= 4 is 39.7 Å². The Bertz CT molecular complexity index is 1110. The molecule has 0 atom stereocenters. The van der Waals surface area contributed by atoms with Crippen LogP contribution < -0.4 is 15.5 Å². The first kappa shape index (κ1) is 21.9. The van der Waals surface area contributed by atoms with E-state index in [9.17, 15) is 22.8 Å². The fourth-order valence-corrected chi connectivity index (χ4v) is 4.12. The molecule has 0 aliphatic carbocycles. The van der Waals surface area contributed by atoms with Crippen molar-refractivity contribution < 1.29 is 27.2 Å². The number of thiazole rings is 1. The Morgan fingerprint density at radius 1 is 1.16 bits per heavy atom. The van der Waals surface area contributed by atoms with E-state index in [2.05, 4.69) is 15.6 Å². The predicted molar refractivity (Wildman–Crippen MR) is 114 cm³/mol. The molecule has 1 fully saturated rings. The second kappa shape index (κ2) is 9.03. The number of alkyl halides is 3. The molecular weight excluding hydrogens is 445 g/mol. The number of rotatable bonds is 6. The number of carbonyl (C=O) groups excluding carboxylic acids is 2. The van der Waals surface area contributed by atoms with Crippen LogP contribution in [0.1, 0.15) is 34.7 Å². The van der Waals surface area contributed by atoms with Crippen LogP contribution in [0.4, 0.5) is 29.7 Å². The third-order valence-electron chi connectivity index (χ3n) is 4.90. The molecule has 4 rings (SSSR count). The van der Waals surface area contributed by atoms with Crippen LogP contribution in [0.15, 0.2) is 46.4 Å². The second-order valence-electron chi connectivity index (χ2n) is 7.22. The smallest absolute Gasteiger partial charge is 0.416 e. The van der Waals surface area contributed by atoms with Crippen LogP contribution >= 0.6 is 11.3 Å². The van der Waals surface area contributed by atoms with Crippen LogP contribution in [0.25, 0.3) is 0 Å². The lowest BCUT2D eigenvalue weighted by Crippen LogP contribution is -2.22. The molecule has 7 nitrogen and oxygen atoms in total. The van der Waals surface area contributed by atoms with E-state index in [1.54, 1.807) is 11.4 Å². The number of nitrogens with one attached hydrogen (secondary N) is 2. The Hall–Kier alpha value is -3.34. The second-order valence-corrected chi connectivity index (χ2v) is 8.08. The Kier molecular flexibility index (Phi) is 6.17. The van der Waals surface area contributed by atoms with Crippen molar-refractivity contribution in [3.63, 3.8) is 0 Å². The van der Waals surface area contributed by atoms with Crippen LogP contribution in [0.2, 0.25) is 0 Å². The van der Waals surface area contributed by atoms with E-state index in [1.165, 1.54) is 18.4 Å². The van der Waals surface area contributed by atoms with Gasteiger partial charge in [-0.05, 0) is 43.2 Å². The van der Waals surface area contributed by atoms with E-state index in [0.717, 1.165) is 49.4 Å². The number of halogens is 3. The van der Waals surface area contributed by atoms with Gasteiger partial charge in [0.2, 0.25) is 5.91 Å². The lowest BCUT2D eigenvalue weighted by molar-refractivity contribution is -0.137. The Balaban J connectivity index is 1.45. The van der Waals surface area contributed by atoms with Crippen LogP contribution in [0.3, 0.4) is 0 Å². The maximum absolute atomic E-state index is 13.2. The standard InChI is InChI=1S/C21H19F3N4O3S/c22-21(23,24)13-5-6-16(28-7-1-2-8-28)15(10-13)26-18(29)11-14-12-32-20(25-14)27-19(30)17-4-3-9-31-17/h3-6,9-10,12H,1-2,7-8,11H2,(H,26,29)(H,25,27,30). The number of anilines is 3. The lowest BCUT2D eigenvalue weighted by Gasteiger charge is -2.23. The van der Waals surface area contributed by atoms with Gasteiger partial charge in [-0.15, -0.1) is 11.3 Å². The first-order valence-electron chi connectivity index (χ1n) is 9.85. The average Bonchev–Trinajstić information content (AvgIpc) is 3.50. The topological polar surface area (TPSA) is 87.5 Å². The first-order valence-corrected chi connectivity index (χ1v) is 10.7. The highest BCUT2D eigenvalue weighted by atomic mass is 32.1. The fourth-order valence-electron chi connectivity index (χ4n) is 3.42. The number of benzene rings is 1. The highest BCUT2D eigenvalue weighted by Gasteiger charge is 2.32. The molecule has 3 aromatic rings. The minimum Gasteiger partial charge on any atom is -0.459 e. The van der Waals surface area contributed by atoms with Gasteiger partial charge in [0.05, 0.1) is 35.3 Å². The quantitative estimate of drug-likeness (QED) is 0.548. The van der Waals surface area contributed by atoms with Gasteiger partial charge >= 0.3 is 6.18 Å². The summed E-state index contributed by atoms with van der Waals surface area (Å²) in [6.07, 6.45) is -1.40. The summed E-state index contributed by atoms with van der Waals surface area (Å²) in [4.78, 5) is 30.7. The first-order chi connectivity index (χ1) is 15.3. The maximum Gasteiger partial charge on any atom is 0.416 e. The van der Waals surface area contributed by atoms with E-state index in [0.29, 0.717) is 11.4 Å². The summed E-state index contributed by atoms with van der Waals surface area (Å²) >= 11 is 1.13. The van der Waals surface area contributed by atoms with Gasteiger partial charge in [-0.3, -0.25) is 14.9 Å². The molecule has 0 radical (unpaired) electrons. The molecule has 0 unspecified atom stereocenters. The SMILES string of the molecule is O=C(Cc1csc(NC(=O)c2ccco2)n1)Nc1cc(C(F)(F)F)ccc1N1CCCC1. The Morgan fingerprint density at radius 2 is 1.94 bits per heavy atom. The van der Waals surface area contributed by atoms with E-state index in [1.807, 2.05) is 4.90 Å².